The van der Waals surface area contributed by atoms with E-state index in [1.165, 1.54) is 12.8 Å². The Hall–Kier alpha value is -0.480. The highest BCUT2D eigenvalue weighted by Crippen LogP contribution is 2.29. The number of aryl methyl sites for hydroxylation is 1. The minimum atomic E-state index is 0.0350. The molecule has 4 heteroatoms. The molecule has 2 rings (SSSR count). The number of amides is 1. The summed E-state index contributed by atoms with van der Waals surface area (Å²) in [6, 6.07) is 6.16. The average molecular weight is 328 g/mol. The fourth-order valence-electron chi connectivity index (χ4n) is 2.42. The molecule has 0 heterocycles. The van der Waals surface area contributed by atoms with Crippen LogP contribution in [-0.2, 0) is 0 Å². The van der Waals surface area contributed by atoms with E-state index in [0.29, 0.717) is 11.3 Å². The minimum absolute atomic E-state index is 0.0350. The zero-order valence-corrected chi connectivity index (χ0v) is 13.1. The SMILES string of the molecule is CSC1CCCC1NC(=O)c1ccc(C)cc1Br. The van der Waals surface area contributed by atoms with E-state index in [0.717, 1.165) is 22.0 Å². The lowest BCUT2D eigenvalue weighted by Gasteiger charge is -2.19. The first-order valence-electron chi connectivity index (χ1n) is 6.21. The summed E-state index contributed by atoms with van der Waals surface area (Å²) in [5.41, 5.74) is 1.88. The molecule has 1 amide bonds. The third-order valence-electron chi connectivity index (χ3n) is 3.44. The van der Waals surface area contributed by atoms with E-state index in [1.807, 2.05) is 36.9 Å². The van der Waals surface area contributed by atoms with Crippen molar-refractivity contribution in [3.8, 4) is 0 Å². The molecule has 1 N–H and O–H groups in total. The van der Waals surface area contributed by atoms with Gasteiger partial charge in [-0.1, -0.05) is 12.5 Å². The molecule has 0 aromatic heterocycles. The van der Waals surface area contributed by atoms with Gasteiger partial charge in [-0.15, -0.1) is 0 Å². The Balaban J connectivity index is 2.07. The molecular weight excluding hydrogens is 310 g/mol. The monoisotopic (exact) mass is 327 g/mol. The Labute approximate surface area is 121 Å². The van der Waals surface area contributed by atoms with Crippen LogP contribution in [0.2, 0.25) is 0 Å². The highest BCUT2D eigenvalue weighted by molar-refractivity contribution is 9.10. The van der Waals surface area contributed by atoms with Crippen LogP contribution in [0.4, 0.5) is 0 Å². The van der Waals surface area contributed by atoms with Gasteiger partial charge in [0, 0.05) is 15.8 Å². The van der Waals surface area contributed by atoms with Gasteiger partial charge in [-0.3, -0.25) is 4.79 Å². The van der Waals surface area contributed by atoms with Crippen molar-refractivity contribution in [2.75, 3.05) is 6.26 Å². The summed E-state index contributed by atoms with van der Waals surface area (Å²) in [6.07, 6.45) is 5.64. The Morgan fingerprint density at radius 1 is 1.44 bits per heavy atom. The van der Waals surface area contributed by atoms with Crippen molar-refractivity contribution in [3.05, 3.63) is 33.8 Å². The molecule has 0 spiro atoms. The van der Waals surface area contributed by atoms with Crippen molar-refractivity contribution in [1.29, 1.82) is 0 Å². The van der Waals surface area contributed by atoms with Gasteiger partial charge in [0.2, 0.25) is 0 Å². The summed E-state index contributed by atoms with van der Waals surface area (Å²) < 4.78 is 0.874. The fourth-order valence-corrected chi connectivity index (χ4v) is 4.03. The first-order valence-corrected chi connectivity index (χ1v) is 8.29. The number of thioether (sulfide) groups is 1. The zero-order valence-electron chi connectivity index (χ0n) is 10.7. The smallest absolute Gasteiger partial charge is 0.252 e. The van der Waals surface area contributed by atoms with Crippen LogP contribution in [0.5, 0.6) is 0 Å². The molecule has 98 valence electrons. The highest BCUT2D eigenvalue weighted by Gasteiger charge is 2.28. The van der Waals surface area contributed by atoms with E-state index in [9.17, 15) is 4.79 Å². The van der Waals surface area contributed by atoms with Gasteiger partial charge >= 0.3 is 0 Å². The number of rotatable bonds is 3. The van der Waals surface area contributed by atoms with Crippen LogP contribution < -0.4 is 5.32 Å². The second-order valence-corrected chi connectivity index (χ2v) is 6.70. The predicted octanol–water partition coefficient (Wildman–Crippen LogP) is 3.77. The first-order chi connectivity index (χ1) is 8.61. The summed E-state index contributed by atoms with van der Waals surface area (Å²) in [6.45, 7) is 2.02. The Bertz CT molecular complexity index is 449. The molecule has 0 bridgehead atoms. The predicted molar refractivity (Wildman–Crippen MR) is 81.3 cm³/mol. The van der Waals surface area contributed by atoms with Crippen molar-refractivity contribution in [1.82, 2.24) is 5.32 Å². The molecule has 18 heavy (non-hydrogen) atoms. The van der Waals surface area contributed by atoms with Crippen molar-refractivity contribution in [3.63, 3.8) is 0 Å². The molecular formula is C14H18BrNOS. The number of hydrogen-bond donors (Lipinski definition) is 1. The summed E-state index contributed by atoms with van der Waals surface area (Å²) in [7, 11) is 0. The fraction of sp³-hybridized carbons (Fsp3) is 0.500. The van der Waals surface area contributed by atoms with E-state index in [-0.39, 0.29) is 5.91 Å². The van der Waals surface area contributed by atoms with Gasteiger partial charge < -0.3 is 5.32 Å². The highest BCUT2D eigenvalue weighted by atomic mass is 79.9. The van der Waals surface area contributed by atoms with Crippen LogP contribution in [-0.4, -0.2) is 23.5 Å². The number of carbonyl (C=O) groups is 1. The quantitative estimate of drug-likeness (QED) is 0.915. The zero-order chi connectivity index (χ0) is 13.1. The maximum Gasteiger partial charge on any atom is 0.252 e. The van der Waals surface area contributed by atoms with Gasteiger partial charge in [-0.2, -0.15) is 11.8 Å². The summed E-state index contributed by atoms with van der Waals surface area (Å²) in [4.78, 5) is 12.2. The van der Waals surface area contributed by atoms with Crippen molar-refractivity contribution < 1.29 is 4.79 Å². The Kier molecular flexibility index (Phi) is 4.73. The first kappa shape index (κ1) is 13.9. The standard InChI is InChI=1S/C14H18BrNOS/c1-9-6-7-10(11(15)8-9)14(17)16-12-4-3-5-13(12)18-2/h6-8,12-13H,3-5H2,1-2H3,(H,16,17). The van der Waals surface area contributed by atoms with Crippen LogP contribution in [0.3, 0.4) is 0 Å². The van der Waals surface area contributed by atoms with Crippen molar-refractivity contribution >= 4 is 33.6 Å². The molecule has 2 atom stereocenters. The van der Waals surface area contributed by atoms with Crippen molar-refractivity contribution in [2.45, 2.75) is 37.5 Å². The topological polar surface area (TPSA) is 29.1 Å². The lowest BCUT2D eigenvalue weighted by atomic mass is 10.1. The minimum Gasteiger partial charge on any atom is -0.348 e. The molecule has 1 saturated carbocycles. The molecule has 1 aromatic carbocycles. The van der Waals surface area contributed by atoms with Gasteiger partial charge in [-0.25, -0.2) is 0 Å². The Morgan fingerprint density at radius 2 is 2.22 bits per heavy atom. The van der Waals surface area contributed by atoms with Crippen LogP contribution in [0.1, 0.15) is 35.2 Å². The van der Waals surface area contributed by atoms with Crippen LogP contribution in [0, 0.1) is 6.92 Å². The molecule has 1 fully saturated rings. The van der Waals surface area contributed by atoms with Gasteiger partial charge in [0.25, 0.3) is 5.91 Å². The van der Waals surface area contributed by atoms with E-state index in [4.69, 9.17) is 0 Å². The maximum absolute atomic E-state index is 12.2. The van der Waals surface area contributed by atoms with E-state index in [2.05, 4.69) is 27.5 Å². The van der Waals surface area contributed by atoms with Crippen LogP contribution in [0.25, 0.3) is 0 Å². The number of nitrogens with one attached hydrogen (secondary N) is 1. The third-order valence-corrected chi connectivity index (χ3v) is 5.27. The Morgan fingerprint density at radius 3 is 2.89 bits per heavy atom. The van der Waals surface area contributed by atoms with Gasteiger partial charge in [0.15, 0.2) is 0 Å². The molecule has 2 nitrogen and oxygen atoms in total. The largest absolute Gasteiger partial charge is 0.348 e. The summed E-state index contributed by atoms with van der Waals surface area (Å²) in [5, 5.41) is 3.73. The third kappa shape index (κ3) is 3.09. The molecule has 1 aliphatic rings. The molecule has 0 aliphatic heterocycles. The number of benzene rings is 1. The molecule has 1 aromatic rings. The lowest BCUT2D eigenvalue weighted by molar-refractivity contribution is 0.0938. The van der Waals surface area contributed by atoms with E-state index < -0.39 is 0 Å². The van der Waals surface area contributed by atoms with Crippen LogP contribution >= 0.6 is 27.7 Å². The molecule has 2 unspecified atom stereocenters. The number of halogens is 1. The van der Waals surface area contributed by atoms with Gasteiger partial charge in [0.05, 0.1) is 5.56 Å². The summed E-state index contributed by atoms with van der Waals surface area (Å²) >= 11 is 5.32. The summed E-state index contributed by atoms with van der Waals surface area (Å²) in [5.74, 6) is 0.0350. The van der Waals surface area contributed by atoms with Gasteiger partial charge in [-0.05, 0) is 59.6 Å². The number of hydrogen-bond acceptors (Lipinski definition) is 2. The van der Waals surface area contributed by atoms with Crippen LogP contribution in [0.15, 0.2) is 22.7 Å². The van der Waals surface area contributed by atoms with E-state index in [1.54, 1.807) is 0 Å². The van der Waals surface area contributed by atoms with E-state index >= 15 is 0 Å². The second-order valence-electron chi connectivity index (χ2n) is 4.77. The second kappa shape index (κ2) is 6.11. The molecule has 0 saturated heterocycles. The maximum atomic E-state index is 12.2. The van der Waals surface area contributed by atoms with Gasteiger partial charge in [0.1, 0.15) is 0 Å². The average Bonchev–Trinajstić information content (AvgIpc) is 2.76. The molecule has 1 aliphatic carbocycles. The normalized spacial score (nSPS) is 23.1. The lowest BCUT2D eigenvalue weighted by Crippen LogP contribution is -2.38. The van der Waals surface area contributed by atoms with Crippen molar-refractivity contribution in [2.24, 2.45) is 0 Å². The molecule has 0 radical (unpaired) electrons. The number of carbonyl (C=O) groups excluding carboxylic acids is 1.